The van der Waals surface area contributed by atoms with Gasteiger partial charge in [0.15, 0.2) is 5.13 Å². The molecule has 8 heteroatoms. The second-order valence-electron chi connectivity index (χ2n) is 6.73. The second kappa shape index (κ2) is 7.98. The second-order valence-corrected chi connectivity index (χ2v) is 7.81. The molecule has 4 nitrogen and oxygen atoms in total. The molecule has 1 aliphatic rings. The Kier molecular flexibility index (Phi) is 5.86. The summed E-state index contributed by atoms with van der Waals surface area (Å²) in [6.45, 7) is 5.12. The van der Waals surface area contributed by atoms with Crippen LogP contribution in [0.15, 0.2) is 24.3 Å². The van der Waals surface area contributed by atoms with Crippen molar-refractivity contribution >= 4 is 22.4 Å². The van der Waals surface area contributed by atoms with Crippen LogP contribution < -0.4 is 5.32 Å². The fraction of sp³-hybridized carbons (Fsp3) is 0.474. The molecule has 1 aromatic heterocycles. The van der Waals surface area contributed by atoms with E-state index >= 15 is 0 Å². The highest BCUT2D eigenvalue weighted by atomic mass is 32.1. The number of halogens is 3. The van der Waals surface area contributed by atoms with Crippen LogP contribution >= 0.6 is 11.3 Å². The Morgan fingerprint density at radius 1 is 1.41 bits per heavy atom. The Morgan fingerprint density at radius 3 is 2.85 bits per heavy atom. The maximum absolute atomic E-state index is 13.1. The van der Waals surface area contributed by atoms with Crippen LogP contribution in [0.25, 0.3) is 11.3 Å². The van der Waals surface area contributed by atoms with Crippen LogP contribution in [0.4, 0.5) is 18.3 Å². The van der Waals surface area contributed by atoms with Gasteiger partial charge in [-0.2, -0.15) is 13.2 Å². The van der Waals surface area contributed by atoms with Crippen LogP contribution in [-0.4, -0.2) is 28.4 Å². The third-order valence-corrected chi connectivity index (χ3v) is 5.72. The van der Waals surface area contributed by atoms with Gasteiger partial charge in [-0.3, -0.25) is 9.69 Å². The summed E-state index contributed by atoms with van der Waals surface area (Å²) in [5.74, 6) is -0.251. The average Bonchev–Trinajstić information content (AvgIpc) is 3.20. The highest BCUT2D eigenvalue weighted by Crippen LogP contribution is 2.37. The SMILES string of the molecule is CC[C@@H]1CCCN1Cc1sc(NC(C)=O)nc1-c1cccc(C(F)(F)F)c1. The van der Waals surface area contributed by atoms with E-state index in [1.807, 2.05) is 0 Å². The zero-order valence-corrected chi connectivity index (χ0v) is 16.1. The van der Waals surface area contributed by atoms with Crippen LogP contribution in [0.5, 0.6) is 0 Å². The molecule has 0 saturated carbocycles. The number of carbonyl (C=O) groups excluding carboxylic acids is 1. The van der Waals surface area contributed by atoms with E-state index < -0.39 is 11.7 Å². The third-order valence-electron chi connectivity index (χ3n) is 4.76. The van der Waals surface area contributed by atoms with Crippen LogP contribution in [-0.2, 0) is 17.5 Å². The molecular weight excluding hydrogens is 375 g/mol. The molecule has 1 atom stereocenters. The van der Waals surface area contributed by atoms with E-state index in [0.717, 1.165) is 42.8 Å². The van der Waals surface area contributed by atoms with Crippen LogP contribution in [0.2, 0.25) is 0 Å². The fourth-order valence-corrected chi connectivity index (χ4v) is 4.54. The molecule has 3 rings (SSSR count). The number of thiazole rings is 1. The lowest BCUT2D eigenvalue weighted by atomic mass is 10.1. The van der Waals surface area contributed by atoms with Gasteiger partial charge >= 0.3 is 6.18 Å². The molecule has 2 heterocycles. The van der Waals surface area contributed by atoms with Crippen LogP contribution in [0.3, 0.4) is 0 Å². The van der Waals surface area contributed by atoms with Crippen molar-refractivity contribution < 1.29 is 18.0 Å². The molecule has 1 amide bonds. The molecule has 0 radical (unpaired) electrons. The normalized spacial score (nSPS) is 18.0. The minimum absolute atomic E-state index is 0.251. The van der Waals surface area contributed by atoms with Crippen molar-refractivity contribution in [3.8, 4) is 11.3 Å². The van der Waals surface area contributed by atoms with Gasteiger partial charge in [-0.1, -0.05) is 30.4 Å². The van der Waals surface area contributed by atoms with Gasteiger partial charge in [0.25, 0.3) is 0 Å². The number of hydrogen-bond acceptors (Lipinski definition) is 4. The molecule has 0 unspecified atom stereocenters. The maximum atomic E-state index is 13.1. The first kappa shape index (κ1) is 19.8. The lowest BCUT2D eigenvalue weighted by Gasteiger charge is -2.22. The van der Waals surface area contributed by atoms with Gasteiger partial charge < -0.3 is 5.32 Å². The Hall–Kier alpha value is -1.93. The van der Waals surface area contributed by atoms with E-state index in [-0.39, 0.29) is 5.91 Å². The first-order valence-corrected chi connectivity index (χ1v) is 9.78. The zero-order chi connectivity index (χ0) is 19.6. The highest BCUT2D eigenvalue weighted by Gasteiger charge is 2.31. The van der Waals surface area contributed by atoms with Crippen LogP contribution in [0, 0.1) is 0 Å². The summed E-state index contributed by atoms with van der Waals surface area (Å²) in [6.07, 6.45) is -1.12. The first-order chi connectivity index (χ1) is 12.8. The number of amides is 1. The van der Waals surface area contributed by atoms with E-state index in [9.17, 15) is 18.0 Å². The number of nitrogens with one attached hydrogen (secondary N) is 1. The predicted molar refractivity (Wildman–Crippen MR) is 101 cm³/mol. The molecule has 1 N–H and O–H groups in total. The molecule has 0 aliphatic carbocycles. The molecular formula is C19H22F3N3OS. The van der Waals surface area contributed by atoms with Crippen molar-refractivity contribution in [1.82, 2.24) is 9.88 Å². The summed E-state index contributed by atoms with van der Waals surface area (Å²) in [6, 6.07) is 5.68. The van der Waals surface area contributed by atoms with Crippen molar-refractivity contribution in [2.75, 3.05) is 11.9 Å². The standard InChI is InChI=1S/C19H22F3N3OS/c1-3-15-8-5-9-25(15)11-16-17(24-18(27-16)23-12(2)26)13-6-4-7-14(10-13)19(20,21)22/h4,6-7,10,15H,3,5,8-9,11H2,1-2H3,(H,23,24,26)/t15-/m1/s1. The Labute approximate surface area is 160 Å². The number of rotatable bonds is 5. The van der Waals surface area contributed by atoms with E-state index in [4.69, 9.17) is 0 Å². The summed E-state index contributed by atoms with van der Waals surface area (Å²) < 4.78 is 39.3. The Bertz CT molecular complexity index is 819. The summed E-state index contributed by atoms with van der Waals surface area (Å²) in [5.41, 5.74) is 0.226. The molecule has 146 valence electrons. The molecule has 0 spiro atoms. The molecule has 1 aliphatic heterocycles. The number of nitrogens with zero attached hydrogens (tertiary/aromatic N) is 2. The minimum Gasteiger partial charge on any atom is -0.302 e. The number of hydrogen-bond donors (Lipinski definition) is 1. The van der Waals surface area contributed by atoms with Crippen molar-refractivity contribution in [3.63, 3.8) is 0 Å². The topological polar surface area (TPSA) is 45.2 Å². The Morgan fingerprint density at radius 2 is 2.19 bits per heavy atom. The highest BCUT2D eigenvalue weighted by molar-refractivity contribution is 7.16. The van der Waals surface area contributed by atoms with Crippen molar-refractivity contribution in [2.24, 2.45) is 0 Å². The summed E-state index contributed by atoms with van der Waals surface area (Å²) in [5, 5.41) is 3.07. The maximum Gasteiger partial charge on any atom is 0.416 e. The third kappa shape index (κ3) is 4.68. The quantitative estimate of drug-likeness (QED) is 0.758. The number of carbonyl (C=O) groups is 1. The lowest BCUT2D eigenvalue weighted by molar-refractivity contribution is -0.137. The number of anilines is 1. The van der Waals surface area contributed by atoms with E-state index in [1.165, 1.54) is 24.3 Å². The van der Waals surface area contributed by atoms with Gasteiger partial charge in [0, 0.05) is 30.0 Å². The van der Waals surface area contributed by atoms with Gasteiger partial charge in [0.1, 0.15) is 0 Å². The van der Waals surface area contributed by atoms with Crippen molar-refractivity contribution in [1.29, 1.82) is 0 Å². The smallest absolute Gasteiger partial charge is 0.302 e. The number of likely N-dealkylation sites (tertiary alicyclic amines) is 1. The zero-order valence-electron chi connectivity index (χ0n) is 15.3. The minimum atomic E-state index is -4.41. The van der Waals surface area contributed by atoms with Gasteiger partial charge in [-0.05, 0) is 37.9 Å². The summed E-state index contributed by atoms with van der Waals surface area (Å²) >= 11 is 1.33. The first-order valence-electron chi connectivity index (χ1n) is 8.97. The molecule has 0 bridgehead atoms. The number of benzene rings is 1. The van der Waals surface area contributed by atoms with Crippen LogP contribution in [0.1, 0.15) is 43.6 Å². The van der Waals surface area contributed by atoms with E-state index in [0.29, 0.717) is 29.0 Å². The fourth-order valence-electron chi connectivity index (χ4n) is 3.48. The number of alkyl halides is 3. The monoisotopic (exact) mass is 397 g/mol. The van der Waals surface area contributed by atoms with Gasteiger partial charge in [-0.25, -0.2) is 4.98 Å². The van der Waals surface area contributed by atoms with E-state index in [2.05, 4.69) is 22.1 Å². The average molecular weight is 397 g/mol. The lowest BCUT2D eigenvalue weighted by Crippen LogP contribution is -2.28. The van der Waals surface area contributed by atoms with Crippen molar-refractivity contribution in [2.45, 2.75) is 51.9 Å². The van der Waals surface area contributed by atoms with E-state index in [1.54, 1.807) is 6.07 Å². The van der Waals surface area contributed by atoms with Crippen molar-refractivity contribution in [3.05, 3.63) is 34.7 Å². The molecule has 1 saturated heterocycles. The summed E-state index contributed by atoms with van der Waals surface area (Å²) in [4.78, 5) is 19.0. The van der Waals surface area contributed by atoms with Gasteiger partial charge in [-0.15, -0.1) is 0 Å². The van der Waals surface area contributed by atoms with Gasteiger partial charge in [0.05, 0.1) is 11.3 Å². The predicted octanol–water partition coefficient (Wildman–Crippen LogP) is 5.16. The Balaban J connectivity index is 1.98. The summed E-state index contributed by atoms with van der Waals surface area (Å²) in [7, 11) is 0. The molecule has 1 fully saturated rings. The number of aromatic nitrogens is 1. The molecule has 27 heavy (non-hydrogen) atoms. The molecule has 2 aromatic rings. The molecule has 1 aromatic carbocycles. The largest absolute Gasteiger partial charge is 0.416 e. The van der Waals surface area contributed by atoms with Gasteiger partial charge in [0.2, 0.25) is 5.91 Å².